The van der Waals surface area contributed by atoms with Crippen molar-refractivity contribution in [2.75, 3.05) is 20.2 Å². The number of oxime groups is 2. The smallest absolute Gasteiger partial charge is 0.173 e. The fraction of sp³-hybridized carbons (Fsp3) is 0.893. The minimum Gasteiger partial charge on any atom is -0.399 e. The maximum atomic E-state index is 14.6. The van der Waals surface area contributed by atoms with Crippen LogP contribution in [0.25, 0.3) is 0 Å². The van der Waals surface area contributed by atoms with E-state index in [1.807, 2.05) is 20.8 Å². The normalized spacial score (nSPS) is 46.9. The van der Waals surface area contributed by atoms with Crippen molar-refractivity contribution in [3.05, 3.63) is 0 Å². The van der Waals surface area contributed by atoms with E-state index in [0.717, 1.165) is 69.5 Å². The fourth-order valence-electron chi connectivity index (χ4n) is 8.58. The number of hydrogen-bond donors (Lipinski definition) is 1. The summed E-state index contributed by atoms with van der Waals surface area (Å²) in [5.41, 5.74) is 1.78. The number of carbonyl (C=O) groups excluding carboxylic acids is 1. The molecule has 1 aliphatic heterocycles. The van der Waals surface area contributed by atoms with Gasteiger partial charge in [0.2, 0.25) is 0 Å². The lowest BCUT2D eigenvalue weighted by Crippen LogP contribution is -2.59. The van der Waals surface area contributed by atoms with Crippen LogP contribution in [0, 0.1) is 40.4 Å². The van der Waals surface area contributed by atoms with Crippen LogP contribution in [0.5, 0.6) is 0 Å². The molecule has 1 heterocycles. The molecule has 5 rings (SSSR count). The van der Waals surface area contributed by atoms with Crippen molar-refractivity contribution < 1.29 is 18.9 Å². The highest BCUT2D eigenvalue weighted by Gasteiger charge is 2.65. The van der Waals surface area contributed by atoms with E-state index in [4.69, 9.17) is 14.8 Å². The Morgan fingerprint density at radius 2 is 1.89 bits per heavy atom. The summed E-state index contributed by atoms with van der Waals surface area (Å²) < 4.78 is 14.6. The largest absolute Gasteiger partial charge is 0.399 e. The molecule has 5 aliphatic rings. The lowest BCUT2D eigenvalue weighted by atomic mass is 9.43. The number of fused-ring (bicyclic) bond motifs is 5. The Kier molecular flexibility index (Phi) is 7.94. The van der Waals surface area contributed by atoms with E-state index in [2.05, 4.69) is 24.3 Å². The third-order valence-electron chi connectivity index (χ3n) is 10.2. The number of nitrogens with zero attached hydrogens (tertiary/aromatic N) is 2. The standard InChI is InChI=1S/C26H40FN3O3.C2H6/c1-5-16-21(30-33-15-8-11-28-14-15)7-10-25(2)18-6-9-26(3)19(13-20(27)24(26)31)17(18)12-22(23(16)25)29-32-4;1-2/h15-20,23,28H,5-14H2,1-4H3;1-2H3/b29-22+,30-21+;. The second kappa shape index (κ2) is 10.5. The van der Waals surface area contributed by atoms with Gasteiger partial charge in [0, 0.05) is 30.2 Å². The highest BCUT2D eigenvalue weighted by molar-refractivity contribution is 5.97. The van der Waals surface area contributed by atoms with Crippen LogP contribution in [-0.4, -0.2) is 49.7 Å². The predicted molar refractivity (Wildman–Crippen MR) is 137 cm³/mol. The number of ketones is 1. The number of hydrogen-bond acceptors (Lipinski definition) is 6. The van der Waals surface area contributed by atoms with Crippen molar-refractivity contribution in [2.45, 2.75) is 98.3 Å². The van der Waals surface area contributed by atoms with Crippen molar-refractivity contribution >= 4 is 17.2 Å². The zero-order chi connectivity index (χ0) is 25.4. The van der Waals surface area contributed by atoms with E-state index in [9.17, 15) is 9.18 Å². The number of rotatable bonds is 4. The van der Waals surface area contributed by atoms with Crippen LogP contribution in [0.2, 0.25) is 0 Å². The van der Waals surface area contributed by atoms with E-state index >= 15 is 0 Å². The summed E-state index contributed by atoms with van der Waals surface area (Å²) >= 11 is 0. The minimum atomic E-state index is -1.30. The van der Waals surface area contributed by atoms with Crippen LogP contribution in [0.1, 0.15) is 86.0 Å². The lowest BCUT2D eigenvalue weighted by molar-refractivity contribution is -0.136. The van der Waals surface area contributed by atoms with Gasteiger partial charge in [-0.15, -0.1) is 0 Å². The summed E-state index contributed by atoms with van der Waals surface area (Å²) in [5, 5.41) is 12.6. The van der Waals surface area contributed by atoms with E-state index in [0.29, 0.717) is 18.3 Å². The van der Waals surface area contributed by atoms with Gasteiger partial charge in [0.05, 0.1) is 11.4 Å². The quantitative estimate of drug-likeness (QED) is 0.523. The van der Waals surface area contributed by atoms with Crippen LogP contribution in [0.4, 0.5) is 4.39 Å². The lowest BCUT2D eigenvalue weighted by Gasteiger charge is -2.61. The van der Waals surface area contributed by atoms with Crippen LogP contribution in [0.3, 0.4) is 0 Å². The topological polar surface area (TPSA) is 72.3 Å². The predicted octanol–water partition coefficient (Wildman–Crippen LogP) is 5.56. The summed E-state index contributed by atoms with van der Waals surface area (Å²) in [6.07, 6.45) is 5.80. The summed E-state index contributed by atoms with van der Waals surface area (Å²) in [5.74, 6) is 1.24. The molecule has 0 aromatic carbocycles. The summed E-state index contributed by atoms with van der Waals surface area (Å²) in [6.45, 7) is 12.5. The zero-order valence-corrected chi connectivity index (χ0v) is 22.6. The molecule has 5 fully saturated rings. The van der Waals surface area contributed by atoms with Crippen LogP contribution in [0.15, 0.2) is 10.3 Å². The Morgan fingerprint density at radius 3 is 2.54 bits per heavy atom. The maximum Gasteiger partial charge on any atom is 0.173 e. The van der Waals surface area contributed by atoms with E-state index < -0.39 is 11.6 Å². The van der Waals surface area contributed by atoms with Gasteiger partial charge in [-0.2, -0.15) is 0 Å². The molecule has 0 bridgehead atoms. The molecule has 35 heavy (non-hydrogen) atoms. The third kappa shape index (κ3) is 4.34. The van der Waals surface area contributed by atoms with Gasteiger partial charge in [-0.25, -0.2) is 4.39 Å². The van der Waals surface area contributed by atoms with E-state index in [1.54, 1.807) is 7.11 Å². The Bertz CT molecular complexity index is 841. The van der Waals surface area contributed by atoms with Crippen LogP contribution < -0.4 is 5.32 Å². The maximum absolute atomic E-state index is 14.6. The number of Topliss-reactive ketones (excluding diaryl/α,β-unsaturated/α-hetero) is 1. The van der Waals surface area contributed by atoms with Crippen molar-refractivity contribution in [2.24, 2.45) is 50.7 Å². The highest BCUT2D eigenvalue weighted by atomic mass is 19.1. The van der Waals surface area contributed by atoms with Gasteiger partial charge >= 0.3 is 0 Å². The van der Waals surface area contributed by atoms with Crippen molar-refractivity contribution in [3.8, 4) is 0 Å². The molecule has 198 valence electrons. The molecule has 1 saturated heterocycles. The molecule has 0 amide bonds. The molecule has 1 N–H and O–H groups in total. The average molecular weight is 492 g/mol. The van der Waals surface area contributed by atoms with Gasteiger partial charge in [-0.05, 0) is 74.7 Å². The molecule has 9 unspecified atom stereocenters. The molecular weight excluding hydrogens is 445 g/mol. The summed E-state index contributed by atoms with van der Waals surface area (Å²) in [4.78, 5) is 24.1. The molecule has 0 aromatic heterocycles. The van der Waals surface area contributed by atoms with Gasteiger partial charge in [-0.3, -0.25) is 4.79 Å². The molecular formula is C28H46FN3O3. The van der Waals surface area contributed by atoms with Crippen LogP contribution in [-0.2, 0) is 14.5 Å². The molecule has 6 nitrogen and oxygen atoms in total. The summed E-state index contributed by atoms with van der Waals surface area (Å²) in [7, 11) is 1.62. The second-order valence-corrected chi connectivity index (χ2v) is 11.7. The molecule has 4 saturated carbocycles. The third-order valence-corrected chi connectivity index (χ3v) is 10.2. The van der Waals surface area contributed by atoms with Crippen molar-refractivity contribution in [1.29, 1.82) is 0 Å². The van der Waals surface area contributed by atoms with Gasteiger partial charge in [0.1, 0.15) is 13.2 Å². The fourth-order valence-corrected chi connectivity index (χ4v) is 8.58. The molecule has 7 heteroatoms. The minimum absolute atomic E-state index is 0.0493. The number of halogens is 1. The van der Waals surface area contributed by atoms with Crippen molar-refractivity contribution in [1.82, 2.24) is 5.32 Å². The van der Waals surface area contributed by atoms with Crippen LogP contribution >= 0.6 is 0 Å². The average Bonchev–Trinajstić information content (AvgIpc) is 3.46. The van der Waals surface area contributed by atoms with E-state index in [-0.39, 0.29) is 35.1 Å². The first-order chi connectivity index (χ1) is 16.8. The van der Waals surface area contributed by atoms with Crippen molar-refractivity contribution in [3.63, 3.8) is 0 Å². The van der Waals surface area contributed by atoms with Gasteiger partial charge in [-0.1, -0.05) is 44.9 Å². The molecule has 0 spiro atoms. The zero-order valence-electron chi connectivity index (χ0n) is 22.6. The second-order valence-electron chi connectivity index (χ2n) is 11.7. The number of carbonyl (C=O) groups is 1. The van der Waals surface area contributed by atoms with E-state index in [1.165, 1.54) is 0 Å². The number of nitrogens with one attached hydrogen (secondary N) is 1. The molecule has 4 aliphatic carbocycles. The number of alkyl halides is 1. The summed E-state index contributed by atoms with van der Waals surface area (Å²) in [6, 6.07) is 0. The Hall–Kier alpha value is -1.50. The van der Waals surface area contributed by atoms with Gasteiger partial charge in [0.15, 0.2) is 12.0 Å². The van der Waals surface area contributed by atoms with Gasteiger partial charge < -0.3 is 15.0 Å². The Morgan fingerprint density at radius 1 is 1.11 bits per heavy atom. The molecule has 0 radical (unpaired) electrons. The molecule has 9 atom stereocenters. The highest BCUT2D eigenvalue weighted by Crippen LogP contribution is 2.65. The first-order valence-corrected chi connectivity index (χ1v) is 14.0. The Balaban J connectivity index is 0.00000141. The SMILES string of the molecule is CC.CCC1/C(=N/OC2CCNC2)CCC2(C)C3CCC4(C)C(=O)C(F)CC4C3C/C(=N\OC)C12. The monoisotopic (exact) mass is 491 g/mol. The molecule has 0 aromatic rings. The first-order valence-electron chi connectivity index (χ1n) is 14.0. The Labute approximate surface area is 210 Å². The van der Waals surface area contributed by atoms with Gasteiger partial charge in [0.25, 0.3) is 0 Å². The first kappa shape index (κ1) is 26.6.